The molecule has 4 aromatic heterocycles. The van der Waals surface area contributed by atoms with Crippen LogP contribution < -0.4 is 16.4 Å². The number of nitrogens with zero attached hydrogens (tertiary/aromatic N) is 4. The molecule has 16 rings (SSSR count). The first-order valence-electron chi connectivity index (χ1n) is 22.0. The molecule has 5 heteroatoms. The first-order chi connectivity index (χ1) is 31.3. The molecule has 0 spiro atoms. The van der Waals surface area contributed by atoms with E-state index in [1.165, 1.54) is 137 Å². The smallest absolute Gasteiger partial charge is 0.252 e. The van der Waals surface area contributed by atoms with E-state index in [1.54, 1.807) is 0 Å². The lowest BCUT2D eigenvalue weighted by molar-refractivity contribution is 1.13. The highest BCUT2D eigenvalue weighted by molar-refractivity contribution is 7.00. The largest absolute Gasteiger partial charge is 0.309 e. The van der Waals surface area contributed by atoms with Gasteiger partial charge in [-0.2, -0.15) is 0 Å². The van der Waals surface area contributed by atoms with E-state index < -0.39 is 0 Å². The van der Waals surface area contributed by atoms with E-state index in [0.29, 0.717) is 0 Å². The van der Waals surface area contributed by atoms with Crippen LogP contribution in [0.5, 0.6) is 0 Å². The summed E-state index contributed by atoms with van der Waals surface area (Å²) in [4.78, 5) is 0. The lowest BCUT2D eigenvalue weighted by atomic mass is 9.34. The summed E-state index contributed by atoms with van der Waals surface area (Å²) >= 11 is 0. The predicted octanol–water partition coefficient (Wildman–Crippen LogP) is 12.4. The molecule has 63 heavy (non-hydrogen) atoms. The molecule has 0 saturated carbocycles. The summed E-state index contributed by atoms with van der Waals surface area (Å²) in [6.07, 6.45) is 0. The average molecular weight is 797 g/mol. The number of hydrogen-bond donors (Lipinski definition) is 0. The van der Waals surface area contributed by atoms with Crippen molar-refractivity contribution in [3.8, 4) is 22.7 Å². The number of para-hydroxylation sites is 6. The Kier molecular flexibility index (Phi) is 5.85. The summed E-state index contributed by atoms with van der Waals surface area (Å²) < 4.78 is 10.3. The van der Waals surface area contributed by atoms with Crippen LogP contribution in [0, 0.1) is 0 Å². The van der Waals surface area contributed by atoms with Gasteiger partial charge in [0.2, 0.25) is 0 Å². The van der Waals surface area contributed by atoms with Crippen LogP contribution in [0.25, 0.3) is 121 Å². The molecule has 0 radical (unpaired) electrons. The Hall–Kier alpha value is -8.28. The number of aromatic nitrogens is 4. The maximum atomic E-state index is 2.67. The summed E-state index contributed by atoms with van der Waals surface area (Å²) in [5.41, 5.74) is 19.0. The summed E-state index contributed by atoms with van der Waals surface area (Å²) in [6.45, 7) is 0.0557. The Balaban J connectivity index is 1.13. The third-order valence-electron chi connectivity index (χ3n) is 14.7. The van der Waals surface area contributed by atoms with Crippen LogP contribution in [0.3, 0.4) is 0 Å². The fourth-order valence-corrected chi connectivity index (χ4v) is 12.5. The topological polar surface area (TPSA) is 19.7 Å². The average Bonchev–Trinajstić information content (AvgIpc) is 4.09. The van der Waals surface area contributed by atoms with Gasteiger partial charge < -0.3 is 18.3 Å². The highest BCUT2D eigenvalue weighted by Gasteiger charge is 2.41. The minimum atomic E-state index is 0.0557. The SMILES string of the molecule is c1ccc(-n2c3ccccc3c3c2c2ccccc2c2c4cccc5c4n(c23)-c2cccc3c2B5c2cccc4c5ccc6c7ccccc7n(-c7ccccc7)c6c5n-3c24)cc1. The third kappa shape index (κ3) is 3.75. The van der Waals surface area contributed by atoms with Crippen LogP contribution in [0.15, 0.2) is 200 Å². The van der Waals surface area contributed by atoms with Crippen molar-refractivity contribution in [1.29, 1.82) is 0 Å². The van der Waals surface area contributed by atoms with Crippen molar-refractivity contribution in [2.75, 3.05) is 0 Å². The molecule has 2 aliphatic heterocycles. The van der Waals surface area contributed by atoms with Gasteiger partial charge in [-0.15, -0.1) is 0 Å². The zero-order valence-electron chi connectivity index (χ0n) is 33.9. The molecule has 0 bridgehead atoms. The zero-order valence-corrected chi connectivity index (χ0v) is 33.9. The number of fused-ring (bicyclic) bond motifs is 21. The second-order valence-corrected chi connectivity index (χ2v) is 17.5. The van der Waals surface area contributed by atoms with Crippen molar-refractivity contribution in [3.63, 3.8) is 0 Å². The molecule has 0 N–H and O–H groups in total. The van der Waals surface area contributed by atoms with E-state index in [0.717, 1.165) is 0 Å². The van der Waals surface area contributed by atoms with E-state index in [1.807, 2.05) is 0 Å². The van der Waals surface area contributed by atoms with Gasteiger partial charge in [-0.3, -0.25) is 0 Å². The van der Waals surface area contributed by atoms with E-state index >= 15 is 0 Å². The van der Waals surface area contributed by atoms with Gasteiger partial charge in [0.1, 0.15) is 0 Å². The van der Waals surface area contributed by atoms with Crippen molar-refractivity contribution in [2.45, 2.75) is 0 Å². The molecule has 0 atom stereocenters. The van der Waals surface area contributed by atoms with Crippen LogP contribution in [0.2, 0.25) is 0 Å². The molecule has 288 valence electrons. The molecule has 0 aliphatic carbocycles. The van der Waals surface area contributed by atoms with E-state index in [2.05, 4.69) is 218 Å². The zero-order chi connectivity index (χ0) is 40.7. The van der Waals surface area contributed by atoms with Gasteiger partial charge in [-0.1, -0.05) is 152 Å². The van der Waals surface area contributed by atoms with Crippen molar-refractivity contribution in [3.05, 3.63) is 200 Å². The summed E-state index contributed by atoms with van der Waals surface area (Å²) in [6, 6.07) is 74.8. The van der Waals surface area contributed by atoms with E-state index in [4.69, 9.17) is 0 Å². The third-order valence-corrected chi connectivity index (χ3v) is 14.7. The van der Waals surface area contributed by atoms with Gasteiger partial charge in [0.05, 0.1) is 33.1 Å². The Morgan fingerprint density at radius 3 is 1.40 bits per heavy atom. The van der Waals surface area contributed by atoms with Crippen molar-refractivity contribution < 1.29 is 0 Å². The van der Waals surface area contributed by atoms with Crippen molar-refractivity contribution >= 4 is 121 Å². The maximum absolute atomic E-state index is 2.67. The molecule has 0 saturated heterocycles. The molecule has 0 fully saturated rings. The number of benzene rings is 10. The molecular formula is C58H33BN4. The minimum Gasteiger partial charge on any atom is -0.309 e. The first-order valence-corrected chi connectivity index (χ1v) is 22.0. The van der Waals surface area contributed by atoms with Crippen molar-refractivity contribution in [2.24, 2.45) is 0 Å². The van der Waals surface area contributed by atoms with Gasteiger partial charge >= 0.3 is 0 Å². The summed E-state index contributed by atoms with van der Waals surface area (Å²) in [5, 5.41) is 12.8. The molecule has 6 heterocycles. The minimum absolute atomic E-state index is 0.0557. The van der Waals surface area contributed by atoms with E-state index in [9.17, 15) is 0 Å². The first kappa shape index (κ1) is 32.5. The van der Waals surface area contributed by atoms with Crippen LogP contribution in [0.4, 0.5) is 0 Å². The van der Waals surface area contributed by atoms with Crippen LogP contribution in [0.1, 0.15) is 0 Å². The fourth-order valence-electron chi connectivity index (χ4n) is 12.5. The molecule has 14 aromatic rings. The molecule has 0 amide bonds. The van der Waals surface area contributed by atoms with Gasteiger partial charge in [0.25, 0.3) is 6.71 Å². The Morgan fingerprint density at radius 1 is 0.254 bits per heavy atom. The lowest BCUT2D eigenvalue weighted by Crippen LogP contribution is -2.59. The standard InChI is InChI=1S/C58H33BN4/c1-3-16-34(17-4-1)60-47-29-12-10-23-42(47)51-55(60)38-22-8-7-21-37(38)50-43-25-14-27-45-54(43)63(58(50)51)49-31-15-30-48-52(49)59(45)44-26-13-24-39-41-33-32-40-36-20-9-11-28-46(36)61(35-18-5-2-6-19-35)56(40)57(41)62(48)53(39)44/h1-33H. The number of hydrogen-bond acceptors (Lipinski definition) is 0. The quantitative estimate of drug-likeness (QED) is 0.155. The monoisotopic (exact) mass is 796 g/mol. The van der Waals surface area contributed by atoms with Gasteiger partial charge in [0, 0.05) is 82.3 Å². The van der Waals surface area contributed by atoms with Crippen LogP contribution >= 0.6 is 0 Å². The van der Waals surface area contributed by atoms with Crippen LogP contribution in [-0.4, -0.2) is 25.0 Å². The predicted molar refractivity (Wildman–Crippen MR) is 266 cm³/mol. The molecule has 0 unspecified atom stereocenters. The molecule has 10 aromatic carbocycles. The Morgan fingerprint density at radius 2 is 0.698 bits per heavy atom. The highest BCUT2D eigenvalue weighted by Crippen LogP contribution is 2.48. The number of rotatable bonds is 2. The molecule has 4 nitrogen and oxygen atoms in total. The summed E-state index contributed by atoms with van der Waals surface area (Å²) in [7, 11) is 0. The molecular weight excluding hydrogens is 763 g/mol. The van der Waals surface area contributed by atoms with Crippen molar-refractivity contribution in [1.82, 2.24) is 18.3 Å². The second-order valence-electron chi connectivity index (χ2n) is 17.5. The highest BCUT2D eigenvalue weighted by atomic mass is 15.1. The van der Waals surface area contributed by atoms with Crippen LogP contribution in [-0.2, 0) is 0 Å². The second kappa shape index (κ2) is 11.3. The molecule has 2 aliphatic rings. The van der Waals surface area contributed by atoms with Gasteiger partial charge in [-0.25, -0.2) is 0 Å². The Labute approximate surface area is 360 Å². The van der Waals surface area contributed by atoms with E-state index in [-0.39, 0.29) is 6.71 Å². The Bertz CT molecular complexity index is 4370. The van der Waals surface area contributed by atoms with Gasteiger partial charge in [0.15, 0.2) is 0 Å². The fraction of sp³-hybridized carbons (Fsp3) is 0. The summed E-state index contributed by atoms with van der Waals surface area (Å²) in [5.74, 6) is 0. The lowest BCUT2D eigenvalue weighted by Gasteiger charge is -2.33. The maximum Gasteiger partial charge on any atom is 0.252 e. The van der Waals surface area contributed by atoms with Gasteiger partial charge in [-0.05, 0) is 70.3 Å². The normalized spacial score (nSPS) is 13.0.